The Morgan fingerprint density at radius 2 is 2.07 bits per heavy atom. The highest BCUT2D eigenvalue weighted by Crippen LogP contribution is 2.30. The molecule has 0 unspecified atom stereocenters. The summed E-state index contributed by atoms with van der Waals surface area (Å²) in [4.78, 5) is 11.1. The topological polar surface area (TPSA) is 17.1 Å². The molecule has 14 heavy (non-hydrogen) atoms. The lowest BCUT2D eigenvalue weighted by molar-refractivity contribution is 0.101. The third kappa shape index (κ3) is 2.50. The van der Waals surface area contributed by atoms with Crippen LogP contribution < -0.4 is 0 Å². The van der Waals surface area contributed by atoms with E-state index in [9.17, 15) is 13.6 Å². The summed E-state index contributed by atoms with van der Waals surface area (Å²) >= 11 is 4.89. The van der Waals surface area contributed by atoms with E-state index in [1.807, 2.05) is 22.6 Å². The summed E-state index contributed by atoms with van der Waals surface area (Å²) in [6.45, 7) is 1.41. The fourth-order valence-electron chi connectivity index (χ4n) is 0.999. The first-order chi connectivity index (χ1) is 6.43. The molecule has 76 valence electrons. The number of carbonyl (C=O) groups is 1. The Hall–Kier alpha value is -0.0400. The van der Waals surface area contributed by atoms with Gasteiger partial charge in [-0.1, -0.05) is 15.9 Å². The highest BCUT2D eigenvalue weighted by Gasteiger charge is 2.15. The van der Waals surface area contributed by atoms with Gasteiger partial charge in [-0.3, -0.25) is 4.79 Å². The van der Waals surface area contributed by atoms with Gasteiger partial charge in [-0.2, -0.15) is 0 Å². The van der Waals surface area contributed by atoms with Crippen molar-refractivity contribution < 1.29 is 13.6 Å². The van der Waals surface area contributed by atoms with E-state index in [0.29, 0.717) is 9.13 Å². The van der Waals surface area contributed by atoms with E-state index in [-0.39, 0.29) is 15.8 Å². The predicted molar refractivity (Wildman–Crippen MR) is 61.8 cm³/mol. The Labute approximate surface area is 102 Å². The van der Waals surface area contributed by atoms with Gasteiger partial charge in [0.2, 0.25) is 0 Å². The number of benzene rings is 1. The molecule has 0 atom stereocenters. The molecule has 0 bridgehead atoms. The van der Waals surface area contributed by atoms with Crippen molar-refractivity contribution in [1.29, 1.82) is 0 Å². The SMILES string of the molecule is CC(=O)c1cc(Br)c(C(F)F)cc1I. The Morgan fingerprint density at radius 3 is 2.50 bits per heavy atom. The molecule has 1 nitrogen and oxygen atoms in total. The summed E-state index contributed by atoms with van der Waals surface area (Å²) in [6.07, 6.45) is -2.53. The highest BCUT2D eigenvalue weighted by atomic mass is 127. The van der Waals surface area contributed by atoms with Crippen LogP contribution in [-0.2, 0) is 0 Å². The van der Waals surface area contributed by atoms with E-state index in [1.54, 1.807) is 0 Å². The predicted octanol–water partition coefficient (Wildman–Crippen LogP) is 4.19. The molecule has 0 N–H and O–H groups in total. The van der Waals surface area contributed by atoms with Crippen molar-refractivity contribution in [1.82, 2.24) is 0 Å². The quantitative estimate of drug-likeness (QED) is 0.560. The maximum Gasteiger partial charge on any atom is 0.264 e. The molecule has 0 amide bonds. The molecular formula is C9H6BrF2IO. The number of carbonyl (C=O) groups excluding carboxylic acids is 1. The van der Waals surface area contributed by atoms with Crippen molar-refractivity contribution in [3.8, 4) is 0 Å². The largest absolute Gasteiger partial charge is 0.294 e. The van der Waals surface area contributed by atoms with Crippen LogP contribution in [0, 0.1) is 3.57 Å². The van der Waals surface area contributed by atoms with Gasteiger partial charge in [0.05, 0.1) is 0 Å². The van der Waals surface area contributed by atoms with Gasteiger partial charge >= 0.3 is 0 Å². The van der Waals surface area contributed by atoms with E-state index in [2.05, 4.69) is 15.9 Å². The van der Waals surface area contributed by atoms with Crippen molar-refractivity contribution in [3.05, 3.63) is 31.3 Å². The maximum absolute atomic E-state index is 12.4. The van der Waals surface area contributed by atoms with Gasteiger partial charge in [0.15, 0.2) is 5.78 Å². The Morgan fingerprint density at radius 1 is 1.50 bits per heavy atom. The molecule has 0 fully saturated rings. The van der Waals surface area contributed by atoms with Crippen molar-refractivity contribution in [2.75, 3.05) is 0 Å². The zero-order valence-electron chi connectivity index (χ0n) is 7.15. The van der Waals surface area contributed by atoms with Crippen molar-refractivity contribution in [2.24, 2.45) is 0 Å². The van der Waals surface area contributed by atoms with Gasteiger partial charge in [0, 0.05) is 19.2 Å². The van der Waals surface area contributed by atoms with Crippen LogP contribution in [-0.4, -0.2) is 5.78 Å². The number of alkyl halides is 2. The smallest absolute Gasteiger partial charge is 0.264 e. The Bertz CT molecular complexity index is 379. The van der Waals surface area contributed by atoms with Gasteiger partial charge in [-0.25, -0.2) is 8.78 Å². The Kier molecular flexibility index (Phi) is 4.00. The van der Waals surface area contributed by atoms with E-state index in [4.69, 9.17) is 0 Å². The first-order valence-electron chi connectivity index (χ1n) is 3.71. The monoisotopic (exact) mass is 374 g/mol. The normalized spacial score (nSPS) is 10.7. The van der Waals surface area contributed by atoms with Gasteiger partial charge in [0.25, 0.3) is 6.43 Å². The maximum atomic E-state index is 12.4. The summed E-state index contributed by atoms with van der Waals surface area (Å²) in [5.74, 6) is -0.129. The average molecular weight is 375 g/mol. The second-order valence-electron chi connectivity index (χ2n) is 2.71. The molecule has 5 heteroatoms. The molecule has 0 aromatic heterocycles. The number of rotatable bonds is 2. The van der Waals surface area contributed by atoms with Crippen LogP contribution in [0.3, 0.4) is 0 Å². The lowest BCUT2D eigenvalue weighted by Gasteiger charge is -2.07. The lowest BCUT2D eigenvalue weighted by Crippen LogP contribution is -1.99. The summed E-state index contributed by atoms with van der Waals surface area (Å²) in [5, 5.41) is 0. The number of ketones is 1. The van der Waals surface area contributed by atoms with Crippen LogP contribution >= 0.6 is 38.5 Å². The van der Waals surface area contributed by atoms with E-state index >= 15 is 0 Å². The summed E-state index contributed by atoms with van der Waals surface area (Å²) in [7, 11) is 0. The van der Waals surface area contributed by atoms with E-state index in [0.717, 1.165) is 0 Å². The van der Waals surface area contributed by atoms with E-state index < -0.39 is 6.43 Å². The minimum Gasteiger partial charge on any atom is -0.294 e. The van der Waals surface area contributed by atoms with Crippen LogP contribution in [0.1, 0.15) is 29.3 Å². The van der Waals surface area contributed by atoms with Crippen LogP contribution in [0.15, 0.2) is 16.6 Å². The van der Waals surface area contributed by atoms with Crippen molar-refractivity contribution in [3.63, 3.8) is 0 Å². The van der Waals surface area contributed by atoms with Crippen LogP contribution in [0.4, 0.5) is 8.78 Å². The lowest BCUT2D eigenvalue weighted by atomic mass is 10.1. The zero-order valence-corrected chi connectivity index (χ0v) is 10.9. The summed E-state index contributed by atoms with van der Waals surface area (Å²) in [6, 6.07) is 2.76. The van der Waals surface area contributed by atoms with Crippen molar-refractivity contribution in [2.45, 2.75) is 13.3 Å². The zero-order chi connectivity index (χ0) is 10.9. The van der Waals surface area contributed by atoms with Crippen LogP contribution in [0.2, 0.25) is 0 Å². The molecule has 0 aliphatic heterocycles. The molecular weight excluding hydrogens is 369 g/mol. The number of Topliss-reactive ketones (excluding diaryl/α,β-unsaturated/α-hetero) is 1. The molecule has 0 spiro atoms. The first-order valence-corrected chi connectivity index (χ1v) is 5.58. The molecule has 0 saturated heterocycles. The fourth-order valence-corrected chi connectivity index (χ4v) is 2.39. The first kappa shape index (κ1) is 12.0. The molecule has 0 saturated carbocycles. The molecule has 1 aromatic carbocycles. The summed E-state index contributed by atoms with van der Waals surface area (Å²) < 4.78 is 25.7. The highest BCUT2D eigenvalue weighted by molar-refractivity contribution is 14.1. The molecule has 0 heterocycles. The number of hydrogen-bond acceptors (Lipinski definition) is 1. The Balaban J connectivity index is 3.31. The molecule has 0 aliphatic carbocycles. The molecule has 0 radical (unpaired) electrons. The van der Waals surface area contributed by atoms with E-state index in [1.165, 1.54) is 19.1 Å². The van der Waals surface area contributed by atoms with Gasteiger partial charge in [-0.05, 0) is 41.6 Å². The minimum absolute atomic E-state index is 0.0839. The van der Waals surface area contributed by atoms with Crippen LogP contribution in [0.5, 0.6) is 0 Å². The fraction of sp³-hybridized carbons (Fsp3) is 0.222. The molecule has 1 rings (SSSR count). The second-order valence-corrected chi connectivity index (χ2v) is 4.73. The third-order valence-corrected chi connectivity index (χ3v) is 3.28. The standard InChI is InChI=1S/C9H6BrF2IO/c1-4(14)5-2-7(10)6(9(11)12)3-8(5)13/h2-3,9H,1H3. The van der Waals surface area contributed by atoms with Gasteiger partial charge < -0.3 is 0 Å². The number of hydrogen-bond donors (Lipinski definition) is 0. The second kappa shape index (κ2) is 4.65. The van der Waals surface area contributed by atoms with Gasteiger partial charge in [0.1, 0.15) is 0 Å². The number of halogens is 4. The average Bonchev–Trinajstić information content (AvgIpc) is 2.07. The van der Waals surface area contributed by atoms with Gasteiger partial charge in [-0.15, -0.1) is 0 Å². The molecule has 0 aliphatic rings. The third-order valence-electron chi connectivity index (χ3n) is 1.70. The minimum atomic E-state index is -2.53. The summed E-state index contributed by atoms with van der Waals surface area (Å²) in [5.41, 5.74) is 0.376. The van der Waals surface area contributed by atoms with Crippen molar-refractivity contribution >= 4 is 44.3 Å². The van der Waals surface area contributed by atoms with Crippen LogP contribution in [0.25, 0.3) is 0 Å². The molecule has 1 aromatic rings.